The highest BCUT2D eigenvalue weighted by Gasteiger charge is 2.41. The summed E-state index contributed by atoms with van der Waals surface area (Å²) < 4.78 is 28.4. The quantitative estimate of drug-likeness (QED) is 0.622. The van der Waals surface area contributed by atoms with Gasteiger partial charge in [-0.05, 0) is 13.5 Å². The molecule has 0 aromatic carbocycles. The average Bonchev–Trinajstić information content (AvgIpc) is 3.00. The lowest BCUT2D eigenvalue weighted by molar-refractivity contribution is -0.148. The third-order valence-corrected chi connectivity index (χ3v) is 5.76. The molecule has 3 atom stereocenters. The molecule has 2 saturated heterocycles. The molecule has 2 heterocycles. The lowest BCUT2D eigenvalue weighted by Crippen LogP contribution is -2.50. The summed E-state index contributed by atoms with van der Waals surface area (Å²) >= 11 is 0. The first-order valence-corrected chi connectivity index (χ1v) is 8.64. The van der Waals surface area contributed by atoms with E-state index in [0.717, 1.165) is 0 Å². The number of amides is 1. The summed E-state index contributed by atoms with van der Waals surface area (Å²) in [5.41, 5.74) is 0. The first-order valence-electron chi connectivity index (χ1n) is 6.82. The molecule has 9 heteroatoms. The normalized spacial score (nSPS) is 31.2. The summed E-state index contributed by atoms with van der Waals surface area (Å²) in [6.07, 6.45) is 0.291. The zero-order valence-electron chi connectivity index (χ0n) is 11.8. The number of aliphatic carboxylic acids is 1. The minimum Gasteiger partial charge on any atom is -0.480 e. The van der Waals surface area contributed by atoms with Gasteiger partial charge in [0.25, 0.3) is 0 Å². The number of carboxylic acid groups (broad SMARTS) is 1. The van der Waals surface area contributed by atoms with E-state index in [1.807, 2.05) is 0 Å². The maximum atomic E-state index is 12.6. The summed E-state index contributed by atoms with van der Waals surface area (Å²) in [7, 11) is -1.48. The molecule has 2 fully saturated rings. The van der Waals surface area contributed by atoms with Gasteiger partial charge in [0.15, 0.2) is 9.84 Å². The number of hydrogen-bond acceptors (Lipinski definition) is 6. The summed E-state index contributed by atoms with van der Waals surface area (Å²) in [4.78, 5) is 24.8. The predicted molar refractivity (Wildman–Crippen MR) is 73.6 cm³/mol. The van der Waals surface area contributed by atoms with Crippen molar-refractivity contribution in [2.45, 2.75) is 18.5 Å². The molecule has 0 radical (unpaired) electrons. The van der Waals surface area contributed by atoms with E-state index in [1.54, 1.807) is 7.05 Å². The van der Waals surface area contributed by atoms with Gasteiger partial charge in [0, 0.05) is 12.1 Å². The summed E-state index contributed by atoms with van der Waals surface area (Å²) in [5.74, 6) is -2.14. The molecule has 0 saturated carbocycles. The topological polar surface area (TPSA) is 113 Å². The van der Waals surface area contributed by atoms with Crippen molar-refractivity contribution in [1.29, 1.82) is 0 Å². The van der Waals surface area contributed by atoms with Gasteiger partial charge in [-0.2, -0.15) is 0 Å². The molecule has 0 aromatic heterocycles. The molecule has 3 unspecified atom stereocenters. The molecular weight excluding hydrogens is 300 g/mol. The van der Waals surface area contributed by atoms with Gasteiger partial charge in [0.2, 0.25) is 5.91 Å². The molecule has 8 nitrogen and oxygen atoms in total. The number of likely N-dealkylation sites (N-methyl/N-ethyl adjacent to an activating group) is 1. The van der Waals surface area contributed by atoms with E-state index in [1.165, 1.54) is 4.90 Å². The molecule has 21 heavy (non-hydrogen) atoms. The number of carbonyl (C=O) groups excluding carboxylic acids is 1. The second-order valence-corrected chi connectivity index (χ2v) is 7.68. The van der Waals surface area contributed by atoms with Crippen LogP contribution < -0.4 is 5.32 Å². The second-order valence-electron chi connectivity index (χ2n) is 5.46. The van der Waals surface area contributed by atoms with E-state index in [0.29, 0.717) is 13.0 Å². The SMILES string of the molecule is CNC1COCC1C(=O)N(CC(=O)O)C1CCS(=O)(=O)C1. The summed E-state index contributed by atoms with van der Waals surface area (Å²) in [6.45, 7) is 0.128. The van der Waals surface area contributed by atoms with Crippen LogP contribution in [-0.4, -0.2) is 80.7 Å². The third-order valence-electron chi connectivity index (χ3n) is 4.01. The zero-order valence-corrected chi connectivity index (χ0v) is 12.6. The number of hydrogen-bond donors (Lipinski definition) is 2. The van der Waals surface area contributed by atoms with E-state index in [9.17, 15) is 18.0 Å². The second kappa shape index (κ2) is 6.29. The van der Waals surface area contributed by atoms with Gasteiger partial charge in [-0.15, -0.1) is 0 Å². The average molecular weight is 320 g/mol. The Morgan fingerprint density at radius 3 is 2.62 bits per heavy atom. The Morgan fingerprint density at radius 2 is 2.10 bits per heavy atom. The highest BCUT2D eigenvalue weighted by Crippen LogP contribution is 2.23. The van der Waals surface area contributed by atoms with Crippen LogP contribution >= 0.6 is 0 Å². The van der Waals surface area contributed by atoms with Crippen LogP contribution in [0.5, 0.6) is 0 Å². The largest absolute Gasteiger partial charge is 0.480 e. The maximum Gasteiger partial charge on any atom is 0.323 e. The van der Waals surface area contributed by atoms with Crippen molar-refractivity contribution in [2.75, 3.05) is 38.3 Å². The van der Waals surface area contributed by atoms with Gasteiger partial charge in [0.1, 0.15) is 6.54 Å². The van der Waals surface area contributed by atoms with E-state index < -0.39 is 34.3 Å². The van der Waals surface area contributed by atoms with Crippen molar-refractivity contribution < 1.29 is 27.9 Å². The highest BCUT2D eigenvalue weighted by molar-refractivity contribution is 7.91. The Hall–Kier alpha value is -1.19. The lowest BCUT2D eigenvalue weighted by Gasteiger charge is -2.30. The Morgan fingerprint density at radius 1 is 1.38 bits per heavy atom. The number of carbonyl (C=O) groups is 2. The third kappa shape index (κ3) is 3.72. The van der Waals surface area contributed by atoms with E-state index in [-0.39, 0.29) is 30.1 Å². The molecule has 2 aliphatic heterocycles. The highest BCUT2D eigenvalue weighted by atomic mass is 32.2. The van der Waals surface area contributed by atoms with E-state index >= 15 is 0 Å². The van der Waals surface area contributed by atoms with Gasteiger partial charge in [-0.25, -0.2) is 8.42 Å². The number of sulfone groups is 1. The fourth-order valence-corrected chi connectivity index (χ4v) is 4.58. The molecule has 1 amide bonds. The van der Waals surface area contributed by atoms with Crippen LogP contribution in [0.25, 0.3) is 0 Å². The van der Waals surface area contributed by atoms with E-state index in [2.05, 4.69) is 5.32 Å². The van der Waals surface area contributed by atoms with E-state index in [4.69, 9.17) is 9.84 Å². The number of nitrogens with one attached hydrogen (secondary N) is 1. The number of ether oxygens (including phenoxy) is 1. The van der Waals surface area contributed by atoms with Crippen LogP contribution in [0.3, 0.4) is 0 Å². The zero-order chi connectivity index (χ0) is 15.6. The van der Waals surface area contributed by atoms with Gasteiger partial charge in [0.05, 0.1) is 30.6 Å². The van der Waals surface area contributed by atoms with Crippen LogP contribution in [0.2, 0.25) is 0 Å². The van der Waals surface area contributed by atoms with Crippen molar-refractivity contribution in [2.24, 2.45) is 5.92 Å². The number of nitrogens with zero attached hydrogens (tertiary/aromatic N) is 1. The van der Waals surface area contributed by atoms with Crippen molar-refractivity contribution >= 4 is 21.7 Å². The van der Waals surface area contributed by atoms with Crippen molar-refractivity contribution in [3.05, 3.63) is 0 Å². The smallest absolute Gasteiger partial charge is 0.323 e. The van der Waals surface area contributed by atoms with Crippen LogP contribution in [-0.2, 0) is 24.2 Å². The number of rotatable bonds is 5. The Balaban J connectivity index is 2.16. The monoisotopic (exact) mass is 320 g/mol. The lowest BCUT2D eigenvalue weighted by atomic mass is 10.0. The fourth-order valence-electron chi connectivity index (χ4n) is 2.85. The predicted octanol–water partition coefficient (Wildman–Crippen LogP) is -1.68. The molecule has 0 spiro atoms. The van der Waals surface area contributed by atoms with Crippen molar-refractivity contribution in [3.8, 4) is 0 Å². The van der Waals surface area contributed by atoms with Crippen LogP contribution in [0.15, 0.2) is 0 Å². The molecule has 0 bridgehead atoms. The van der Waals surface area contributed by atoms with Crippen LogP contribution in [0.1, 0.15) is 6.42 Å². The van der Waals surface area contributed by atoms with Gasteiger partial charge < -0.3 is 20.1 Å². The van der Waals surface area contributed by atoms with Crippen molar-refractivity contribution in [1.82, 2.24) is 10.2 Å². The Kier molecular flexibility index (Phi) is 4.84. The first-order chi connectivity index (χ1) is 9.84. The summed E-state index contributed by atoms with van der Waals surface area (Å²) in [5, 5.41) is 12.0. The maximum absolute atomic E-state index is 12.6. The molecule has 120 valence electrons. The standard InChI is InChI=1S/C12H20N2O6S/c1-13-10-6-20-5-9(10)12(17)14(4-11(15)16)8-2-3-21(18,19)7-8/h8-10,13H,2-7H2,1H3,(H,15,16). The van der Waals surface area contributed by atoms with Gasteiger partial charge in [-0.1, -0.05) is 0 Å². The minimum atomic E-state index is -3.19. The van der Waals surface area contributed by atoms with Crippen molar-refractivity contribution in [3.63, 3.8) is 0 Å². The number of carboxylic acids is 1. The van der Waals surface area contributed by atoms with Gasteiger partial charge in [-0.3, -0.25) is 9.59 Å². The molecular formula is C12H20N2O6S. The van der Waals surface area contributed by atoms with Crippen LogP contribution in [0.4, 0.5) is 0 Å². The minimum absolute atomic E-state index is 0.00229. The van der Waals surface area contributed by atoms with Gasteiger partial charge >= 0.3 is 5.97 Å². The fraction of sp³-hybridized carbons (Fsp3) is 0.833. The first kappa shape index (κ1) is 16.2. The molecule has 2 aliphatic rings. The Labute approximate surface area is 123 Å². The molecule has 2 rings (SSSR count). The molecule has 0 aromatic rings. The summed E-state index contributed by atoms with van der Waals surface area (Å²) in [6, 6.07) is -0.733. The van der Waals surface area contributed by atoms with Crippen LogP contribution in [0, 0.1) is 5.92 Å². The molecule has 0 aliphatic carbocycles. The Bertz CT molecular complexity index is 520. The molecule has 2 N–H and O–H groups in total.